The molecule has 0 atom stereocenters. The molecule has 1 aliphatic rings. The smallest absolute Gasteiger partial charge is 0.236 e. The summed E-state index contributed by atoms with van der Waals surface area (Å²) >= 11 is 0. The highest BCUT2D eigenvalue weighted by atomic mass is 16.7. The molecule has 1 fully saturated rings. The standard InChI is InChI=1S/C15H30N2O2/c1-12(2)9-10-17(19-4)11-15(18)16-14-7-5-13(3)6-8-14/h12-14H,5-11H2,1-4H3,(H,16,18). The van der Waals surface area contributed by atoms with E-state index >= 15 is 0 Å². The van der Waals surface area contributed by atoms with E-state index in [4.69, 9.17) is 4.84 Å². The van der Waals surface area contributed by atoms with Crippen LogP contribution in [0, 0.1) is 11.8 Å². The monoisotopic (exact) mass is 270 g/mol. The van der Waals surface area contributed by atoms with Gasteiger partial charge in [0.05, 0.1) is 7.11 Å². The minimum absolute atomic E-state index is 0.0881. The number of hydroxylamine groups is 2. The molecule has 1 N–H and O–H groups in total. The molecular formula is C15H30N2O2. The van der Waals surface area contributed by atoms with Crippen LogP contribution in [0.3, 0.4) is 0 Å². The fourth-order valence-electron chi connectivity index (χ4n) is 2.47. The first kappa shape index (κ1) is 16.4. The lowest BCUT2D eigenvalue weighted by Crippen LogP contribution is -2.43. The predicted molar refractivity (Wildman–Crippen MR) is 77.6 cm³/mol. The Morgan fingerprint density at radius 2 is 1.95 bits per heavy atom. The maximum Gasteiger partial charge on any atom is 0.236 e. The third-order valence-corrected chi connectivity index (χ3v) is 3.91. The Morgan fingerprint density at radius 3 is 2.47 bits per heavy atom. The first-order chi connectivity index (χ1) is 9.01. The van der Waals surface area contributed by atoms with E-state index in [2.05, 4.69) is 26.1 Å². The first-order valence-corrected chi connectivity index (χ1v) is 7.59. The molecule has 0 bridgehead atoms. The molecule has 0 unspecified atom stereocenters. The number of hydrogen-bond donors (Lipinski definition) is 1. The van der Waals surface area contributed by atoms with E-state index < -0.39 is 0 Å². The number of carbonyl (C=O) groups excluding carboxylic acids is 1. The lowest BCUT2D eigenvalue weighted by atomic mass is 9.87. The first-order valence-electron chi connectivity index (χ1n) is 7.59. The third kappa shape index (κ3) is 6.92. The van der Waals surface area contributed by atoms with Gasteiger partial charge in [0.1, 0.15) is 6.54 Å². The van der Waals surface area contributed by atoms with Crippen LogP contribution in [0.4, 0.5) is 0 Å². The average molecular weight is 270 g/mol. The number of nitrogens with one attached hydrogen (secondary N) is 1. The molecule has 1 saturated carbocycles. The highest BCUT2D eigenvalue weighted by Gasteiger charge is 2.20. The molecule has 0 heterocycles. The van der Waals surface area contributed by atoms with E-state index in [-0.39, 0.29) is 5.91 Å². The van der Waals surface area contributed by atoms with Crippen LogP contribution >= 0.6 is 0 Å². The largest absolute Gasteiger partial charge is 0.352 e. The van der Waals surface area contributed by atoms with Crippen molar-refractivity contribution in [1.29, 1.82) is 0 Å². The zero-order chi connectivity index (χ0) is 14.3. The number of amides is 1. The van der Waals surface area contributed by atoms with Gasteiger partial charge in [-0.15, -0.1) is 0 Å². The molecule has 0 aromatic rings. The van der Waals surface area contributed by atoms with Gasteiger partial charge < -0.3 is 10.2 Å². The van der Waals surface area contributed by atoms with Gasteiger partial charge in [-0.05, 0) is 43.9 Å². The van der Waals surface area contributed by atoms with E-state index in [1.807, 2.05) is 0 Å². The van der Waals surface area contributed by atoms with Crippen LogP contribution in [-0.2, 0) is 9.63 Å². The molecule has 0 saturated heterocycles. The van der Waals surface area contributed by atoms with Crippen LogP contribution in [-0.4, -0.2) is 37.2 Å². The Morgan fingerprint density at radius 1 is 1.32 bits per heavy atom. The summed E-state index contributed by atoms with van der Waals surface area (Å²) in [5.41, 5.74) is 0. The number of hydrogen-bond acceptors (Lipinski definition) is 3. The van der Waals surface area contributed by atoms with Gasteiger partial charge in [-0.25, -0.2) is 0 Å². The number of nitrogens with zero attached hydrogens (tertiary/aromatic N) is 1. The summed E-state index contributed by atoms with van der Waals surface area (Å²) in [4.78, 5) is 17.2. The van der Waals surface area contributed by atoms with Crippen molar-refractivity contribution in [2.24, 2.45) is 11.8 Å². The summed E-state index contributed by atoms with van der Waals surface area (Å²) in [6.07, 6.45) is 5.73. The molecule has 1 rings (SSSR count). The Bertz CT molecular complexity index is 261. The van der Waals surface area contributed by atoms with Gasteiger partial charge in [0, 0.05) is 12.6 Å². The molecule has 19 heavy (non-hydrogen) atoms. The lowest BCUT2D eigenvalue weighted by Gasteiger charge is -2.28. The zero-order valence-electron chi connectivity index (χ0n) is 12.9. The highest BCUT2D eigenvalue weighted by Crippen LogP contribution is 2.23. The Balaban J connectivity index is 2.24. The Kier molecular flexibility index (Phi) is 7.39. The van der Waals surface area contributed by atoms with Crippen LogP contribution in [0.15, 0.2) is 0 Å². The molecule has 0 aliphatic heterocycles. The normalized spacial score (nSPS) is 23.9. The lowest BCUT2D eigenvalue weighted by molar-refractivity contribution is -0.152. The number of carbonyl (C=O) groups is 1. The van der Waals surface area contributed by atoms with Crippen molar-refractivity contribution in [2.75, 3.05) is 20.2 Å². The molecule has 1 aliphatic carbocycles. The van der Waals surface area contributed by atoms with Crippen molar-refractivity contribution in [3.8, 4) is 0 Å². The topological polar surface area (TPSA) is 41.6 Å². The fraction of sp³-hybridized carbons (Fsp3) is 0.933. The van der Waals surface area contributed by atoms with Crippen LogP contribution in [0.25, 0.3) is 0 Å². The molecule has 1 amide bonds. The maximum atomic E-state index is 12.0. The number of rotatable bonds is 7. The molecule has 112 valence electrons. The van der Waals surface area contributed by atoms with E-state index in [1.54, 1.807) is 12.2 Å². The predicted octanol–water partition coefficient (Wildman–Crippen LogP) is 2.59. The SMILES string of the molecule is CON(CCC(C)C)CC(=O)NC1CCC(C)CC1. The third-order valence-electron chi connectivity index (χ3n) is 3.91. The van der Waals surface area contributed by atoms with Gasteiger partial charge in [0.15, 0.2) is 0 Å². The van der Waals surface area contributed by atoms with Crippen molar-refractivity contribution >= 4 is 5.91 Å². The van der Waals surface area contributed by atoms with Gasteiger partial charge in [0.2, 0.25) is 5.91 Å². The van der Waals surface area contributed by atoms with Crippen molar-refractivity contribution < 1.29 is 9.63 Å². The zero-order valence-corrected chi connectivity index (χ0v) is 12.9. The fourth-order valence-corrected chi connectivity index (χ4v) is 2.47. The van der Waals surface area contributed by atoms with Crippen molar-refractivity contribution in [1.82, 2.24) is 10.4 Å². The van der Waals surface area contributed by atoms with Crippen molar-refractivity contribution in [3.63, 3.8) is 0 Å². The minimum Gasteiger partial charge on any atom is -0.352 e. The molecule has 4 nitrogen and oxygen atoms in total. The second kappa shape index (κ2) is 8.54. The summed E-state index contributed by atoms with van der Waals surface area (Å²) in [5, 5.41) is 4.88. The van der Waals surface area contributed by atoms with E-state index in [0.717, 1.165) is 31.7 Å². The summed E-state index contributed by atoms with van der Waals surface area (Å²) in [6, 6.07) is 0.368. The molecule has 0 radical (unpaired) electrons. The van der Waals surface area contributed by atoms with Gasteiger partial charge in [-0.2, -0.15) is 5.06 Å². The van der Waals surface area contributed by atoms with Gasteiger partial charge >= 0.3 is 0 Å². The molecular weight excluding hydrogens is 240 g/mol. The minimum atomic E-state index is 0.0881. The average Bonchev–Trinajstić information content (AvgIpc) is 2.37. The van der Waals surface area contributed by atoms with E-state index in [9.17, 15) is 4.79 Å². The summed E-state index contributed by atoms with van der Waals surface area (Å²) in [5.74, 6) is 1.53. The van der Waals surface area contributed by atoms with Crippen LogP contribution in [0.5, 0.6) is 0 Å². The molecule has 0 aromatic heterocycles. The molecule has 4 heteroatoms. The van der Waals surface area contributed by atoms with Crippen LogP contribution in [0.1, 0.15) is 52.9 Å². The summed E-state index contributed by atoms with van der Waals surface area (Å²) in [6.45, 7) is 7.80. The quantitative estimate of drug-likeness (QED) is 0.723. The van der Waals surface area contributed by atoms with Crippen LogP contribution < -0.4 is 5.32 Å². The van der Waals surface area contributed by atoms with Crippen molar-refractivity contribution in [3.05, 3.63) is 0 Å². The van der Waals surface area contributed by atoms with Crippen LogP contribution in [0.2, 0.25) is 0 Å². The van der Waals surface area contributed by atoms with Gasteiger partial charge in [0.25, 0.3) is 0 Å². The van der Waals surface area contributed by atoms with E-state index in [0.29, 0.717) is 18.5 Å². The Labute approximate surface area is 117 Å². The van der Waals surface area contributed by atoms with Gasteiger partial charge in [-0.3, -0.25) is 4.79 Å². The Hall–Kier alpha value is -0.610. The summed E-state index contributed by atoms with van der Waals surface area (Å²) in [7, 11) is 1.63. The second-order valence-corrected chi connectivity index (χ2v) is 6.25. The molecule has 0 aromatic carbocycles. The van der Waals surface area contributed by atoms with Gasteiger partial charge in [-0.1, -0.05) is 20.8 Å². The second-order valence-electron chi connectivity index (χ2n) is 6.25. The summed E-state index contributed by atoms with van der Waals surface area (Å²) < 4.78 is 0. The highest BCUT2D eigenvalue weighted by molar-refractivity contribution is 5.78. The maximum absolute atomic E-state index is 12.0. The van der Waals surface area contributed by atoms with E-state index in [1.165, 1.54) is 12.8 Å². The molecule has 0 spiro atoms. The van der Waals surface area contributed by atoms with Crippen molar-refractivity contribution in [2.45, 2.75) is 58.9 Å².